The van der Waals surface area contributed by atoms with Gasteiger partial charge in [0.15, 0.2) is 0 Å². The average Bonchev–Trinajstić information content (AvgIpc) is 3.34. The maximum atomic E-state index is 12.2. The van der Waals surface area contributed by atoms with E-state index in [9.17, 15) is 4.39 Å². The summed E-state index contributed by atoms with van der Waals surface area (Å²) in [6.45, 7) is 11.6. The van der Waals surface area contributed by atoms with E-state index in [0.29, 0.717) is 5.92 Å². The third kappa shape index (κ3) is 8.83. The van der Waals surface area contributed by atoms with Crippen LogP contribution in [0.4, 0.5) is 4.39 Å². The van der Waals surface area contributed by atoms with Crippen molar-refractivity contribution in [3.05, 3.63) is 113 Å². The van der Waals surface area contributed by atoms with Crippen LogP contribution in [0.3, 0.4) is 0 Å². The van der Waals surface area contributed by atoms with Crippen molar-refractivity contribution in [3.8, 4) is 0 Å². The number of benzene rings is 3. The van der Waals surface area contributed by atoms with Gasteiger partial charge in [-0.15, -0.1) is 39.7 Å². The van der Waals surface area contributed by atoms with Gasteiger partial charge in [0.2, 0.25) is 0 Å². The SMILES string of the molecule is CC1=[C-]C(C)C=C1[Si](C)(C)C.Fc1ccc([CH]=[Zr+2])cc1.[Cl-].[Cl-].c1ccc2c(c1)[cH-]c1ccccc12. The van der Waals surface area contributed by atoms with E-state index in [2.05, 4.69) is 100 Å². The molecular weight excluding hydrogens is 570 g/mol. The molecule has 182 valence electrons. The molecule has 1 aliphatic carbocycles. The third-order valence-electron chi connectivity index (χ3n) is 5.63. The quantitative estimate of drug-likeness (QED) is 0.245. The van der Waals surface area contributed by atoms with E-state index in [1.54, 1.807) is 17.3 Å². The molecule has 0 saturated heterocycles. The van der Waals surface area contributed by atoms with Crippen molar-refractivity contribution in [2.24, 2.45) is 5.92 Å². The van der Waals surface area contributed by atoms with Crippen LogP contribution >= 0.6 is 0 Å². The van der Waals surface area contributed by atoms with Crippen LogP contribution in [0.25, 0.3) is 21.5 Å². The van der Waals surface area contributed by atoms with Crippen molar-refractivity contribution in [1.29, 1.82) is 0 Å². The Morgan fingerprint density at radius 3 is 1.71 bits per heavy atom. The van der Waals surface area contributed by atoms with Gasteiger partial charge in [-0.1, -0.05) is 75.8 Å². The minimum absolute atomic E-state index is 0. The van der Waals surface area contributed by atoms with E-state index in [4.69, 9.17) is 0 Å². The fourth-order valence-corrected chi connectivity index (χ4v) is 6.53. The summed E-state index contributed by atoms with van der Waals surface area (Å²) >= 11 is 1.34. The Morgan fingerprint density at radius 1 is 0.857 bits per heavy atom. The second-order valence-corrected chi connectivity index (χ2v) is 15.2. The first-order chi connectivity index (χ1) is 15.7. The molecule has 0 aromatic heterocycles. The van der Waals surface area contributed by atoms with Crippen molar-refractivity contribution in [2.75, 3.05) is 0 Å². The molecule has 0 aliphatic heterocycles. The van der Waals surface area contributed by atoms with Crippen LogP contribution in [-0.4, -0.2) is 11.8 Å². The van der Waals surface area contributed by atoms with Crippen molar-refractivity contribution in [1.82, 2.24) is 0 Å². The van der Waals surface area contributed by atoms with Crippen molar-refractivity contribution in [2.45, 2.75) is 33.5 Å². The number of fused-ring (bicyclic) bond motifs is 3. The Labute approximate surface area is 237 Å². The van der Waals surface area contributed by atoms with Gasteiger partial charge in [0.25, 0.3) is 0 Å². The zero-order valence-electron chi connectivity index (χ0n) is 20.9. The number of allylic oxidation sites excluding steroid dienone is 4. The second kappa shape index (κ2) is 14.3. The Kier molecular flexibility index (Phi) is 12.9. The first-order valence-electron chi connectivity index (χ1n) is 11.3. The first-order valence-corrected chi connectivity index (χ1v) is 16.2. The molecular formula is C30H31Cl2FSiZr-2. The van der Waals surface area contributed by atoms with Crippen molar-refractivity contribution in [3.63, 3.8) is 0 Å². The van der Waals surface area contributed by atoms with Gasteiger partial charge in [-0.3, -0.25) is 6.08 Å². The topological polar surface area (TPSA) is 0 Å². The Morgan fingerprint density at radius 2 is 1.34 bits per heavy atom. The number of rotatable bonds is 2. The Hall–Kier alpha value is -1.51. The van der Waals surface area contributed by atoms with Crippen molar-refractivity contribution >= 4 is 33.3 Å². The van der Waals surface area contributed by atoms with Gasteiger partial charge < -0.3 is 24.8 Å². The summed E-state index contributed by atoms with van der Waals surface area (Å²) in [5.74, 6) is 0.383. The molecule has 5 rings (SSSR count). The van der Waals surface area contributed by atoms with Gasteiger partial charge >= 0.3 is 68.0 Å². The summed E-state index contributed by atoms with van der Waals surface area (Å²) < 4.78 is 14.2. The third-order valence-corrected chi connectivity index (χ3v) is 8.61. The second-order valence-electron chi connectivity index (χ2n) is 9.40. The van der Waals surface area contributed by atoms with Gasteiger partial charge in [-0.2, -0.15) is 6.08 Å². The zero-order valence-corrected chi connectivity index (χ0v) is 25.8. The van der Waals surface area contributed by atoms with Gasteiger partial charge in [-0.05, 0) is 8.07 Å². The maximum absolute atomic E-state index is 12.2. The summed E-state index contributed by atoms with van der Waals surface area (Å²) in [6.07, 6.45) is 5.81. The molecule has 0 bridgehead atoms. The molecule has 0 heterocycles. The van der Waals surface area contributed by atoms with E-state index in [1.807, 2.05) is 3.71 Å². The van der Waals surface area contributed by atoms with Crippen LogP contribution in [-0.2, 0) is 24.2 Å². The standard InChI is InChI=1S/C13H9.C10H17Si.C7H5F.2ClH.Zr/c1-3-7-12-10(5-1)9-11-6-2-4-8-13(11)12;1-8-6-9(2)10(7-8)11(3,4)5;1-6-2-4-7(8)5-3-6;;;/h1-9H;7-8H,1-5H3;1-5H;2*1H;/q2*-1;;;;+2/p-2. The minimum Gasteiger partial charge on any atom is -1.00 e. The molecule has 0 nitrogen and oxygen atoms in total. The molecule has 1 atom stereocenters. The predicted molar refractivity (Wildman–Crippen MR) is 142 cm³/mol. The average molecular weight is 601 g/mol. The number of halogens is 3. The zero-order chi connectivity index (χ0) is 24.0. The molecule has 4 aromatic rings. The smallest absolute Gasteiger partial charge is 0.0771 e. The van der Waals surface area contributed by atoms with Crippen LogP contribution in [0.1, 0.15) is 19.4 Å². The molecule has 5 heteroatoms. The molecule has 0 N–H and O–H groups in total. The van der Waals surface area contributed by atoms with Crippen LogP contribution in [0.2, 0.25) is 19.6 Å². The van der Waals surface area contributed by atoms with Gasteiger partial charge in [-0.25, -0.2) is 10.8 Å². The van der Waals surface area contributed by atoms with E-state index in [0.717, 1.165) is 5.56 Å². The van der Waals surface area contributed by atoms with E-state index >= 15 is 0 Å². The summed E-state index contributed by atoms with van der Waals surface area (Å²) in [4.78, 5) is 0. The normalized spacial score (nSPS) is 14.3. The van der Waals surface area contributed by atoms with Crippen LogP contribution < -0.4 is 24.8 Å². The molecule has 1 aliphatic rings. The molecule has 4 aromatic carbocycles. The monoisotopic (exact) mass is 598 g/mol. The minimum atomic E-state index is -1.07. The van der Waals surface area contributed by atoms with E-state index in [1.165, 1.54) is 63.5 Å². The summed E-state index contributed by atoms with van der Waals surface area (Å²) in [5.41, 5.74) is 2.49. The van der Waals surface area contributed by atoms with Crippen LogP contribution in [0, 0.1) is 17.8 Å². The van der Waals surface area contributed by atoms with Gasteiger partial charge in [0.1, 0.15) is 0 Å². The summed E-state index contributed by atoms with van der Waals surface area (Å²) in [6, 6.07) is 25.7. The fourth-order valence-electron chi connectivity index (χ4n) is 4.11. The molecule has 0 spiro atoms. The molecule has 0 saturated carbocycles. The molecule has 0 amide bonds. The Bertz CT molecular complexity index is 1250. The molecule has 0 radical (unpaired) electrons. The predicted octanol–water partition coefficient (Wildman–Crippen LogP) is 2.43. The Balaban J connectivity index is 0.000000260. The van der Waals surface area contributed by atoms with Crippen LogP contribution in [0.5, 0.6) is 0 Å². The number of hydrogen-bond acceptors (Lipinski definition) is 0. The summed E-state index contributed by atoms with van der Waals surface area (Å²) in [7, 11) is -1.07. The van der Waals surface area contributed by atoms with E-state index in [-0.39, 0.29) is 30.6 Å². The van der Waals surface area contributed by atoms with Crippen molar-refractivity contribution < 1.29 is 53.4 Å². The maximum Gasteiger partial charge on any atom is -0.0771 e. The number of hydrogen-bond donors (Lipinski definition) is 0. The van der Waals surface area contributed by atoms with E-state index < -0.39 is 8.07 Å². The van der Waals surface area contributed by atoms with Gasteiger partial charge in [0.05, 0.1) is 0 Å². The first kappa shape index (κ1) is 31.5. The molecule has 35 heavy (non-hydrogen) atoms. The fraction of sp³-hybridized carbons (Fsp3) is 0.200. The van der Waals surface area contributed by atoms with Crippen LogP contribution in [0.15, 0.2) is 95.7 Å². The van der Waals surface area contributed by atoms with Gasteiger partial charge in [0, 0.05) is 0 Å². The molecule has 0 fully saturated rings. The largest absolute Gasteiger partial charge is 1.00 e. The molecule has 1 unspecified atom stereocenters. The summed E-state index contributed by atoms with van der Waals surface area (Å²) in [5, 5.41) is 6.99.